The number of rotatable bonds is 6. The third-order valence-corrected chi connectivity index (χ3v) is 4.38. The molecule has 1 saturated heterocycles. The van der Waals surface area contributed by atoms with Crippen LogP contribution >= 0.6 is 11.6 Å². The maximum Gasteiger partial charge on any atom is 0.223 e. The highest BCUT2D eigenvalue weighted by atomic mass is 35.5. The average molecular weight is 294 g/mol. The largest absolute Gasteiger partial charge is 0.340 e. The standard InChI is InChI=1S/C17H24ClNO/c1-14-6-8-15(9-7-14)10-11-17(20)19-13-3-5-16(19)4-2-12-18/h6-9,16H,2-5,10-13H2,1H3. The number of likely N-dealkylation sites (tertiary alicyclic amines) is 1. The van der Waals surface area contributed by atoms with Crippen LogP contribution in [0.25, 0.3) is 0 Å². The summed E-state index contributed by atoms with van der Waals surface area (Å²) >= 11 is 5.76. The first kappa shape index (κ1) is 15.4. The Labute approximate surface area is 127 Å². The smallest absolute Gasteiger partial charge is 0.223 e. The molecule has 2 nitrogen and oxygen atoms in total. The van der Waals surface area contributed by atoms with Crippen molar-refractivity contribution in [3.8, 4) is 0 Å². The number of hydrogen-bond donors (Lipinski definition) is 0. The van der Waals surface area contributed by atoms with Crippen molar-refractivity contribution in [3.63, 3.8) is 0 Å². The van der Waals surface area contributed by atoms with Gasteiger partial charge >= 0.3 is 0 Å². The lowest BCUT2D eigenvalue weighted by Gasteiger charge is -2.24. The van der Waals surface area contributed by atoms with E-state index in [0.717, 1.165) is 38.6 Å². The molecule has 1 heterocycles. The summed E-state index contributed by atoms with van der Waals surface area (Å²) in [4.78, 5) is 14.4. The number of amides is 1. The Balaban J connectivity index is 1.83. The minimum Gasteiger partial charge on any atom is -0.340 e. The Kier molecular flexibility index (Phi) is 5.90. The number of nitrogens with zero attached hydrogens (tertiary/aromatic N) is 1. The van der Waals surface area contributed by atoms with Crippen LogP contribution in [0, 0.1) is 6.92 Å². The number of carbonyl (C=O) groups excluding carboxylic acids is 1. The van der Waals surface area contributed by atoms with E-state index in [-0.39, 0.29) is 0 Å². The van der Waals surface area contributed by atoms with E-state index in [2.05, 4.69) is 36.1 Å². The number of halogens is 1. The maximum atomic E-state index is 12.4. The number of aryl methyl sites for hydroxylation is 2. The molecule has 1 aliphatic rings. The van der Waals surface area contributed by atoms with Gasteiger partial charge in [-0.15, -0.1) is 11.6 Å². The quantitative estimate of drug-likeness (QED) is 0.728. The molecule has 20 heavy (non-hydrogen) atoms. The Bertz CT molecular complexity index is 429. The Morgan fingerprint density at radius 2 is 2.10 bits per heavy atom. The molecule has 0 aliphatic carbocycles. The van der Waals surface area contributed by atoms with Gasteiger partial charge in [0.25, 0.3) is 0 Å². The molecule has 3 heteroatoms. The summed E-state index contributed by atoms with van der Waals surface area (Å²) in [5.41, 5.74) is 2.52. The number of benzene rings is 1. The van der Waals surface area contributed by atoms with Gasteiger partial charge in [0.15, 0.2) is 0 Å². The molecule has 1 aromatic carbocycles. The van der Waals surface area contributed by atoms with Gasteiger partial charge < -0.3 is 4.90 Å². The fourth-order valence-electron chi connectivity index (χ4n) is 2.93. The highest BCUT2D eigenvalue weighted by Gasteiger charge is 2.27. The Hall–Kier alpha value is -1.02. The fourth-order valence-corrected chi connectivity index (χ4v) is 3.08. The number of alkyl halides is 1. The summed E-state index contributed by atoms with van der Waals surface area (Å²) < 4.78 is 0. The van der Waals surface area contributed by atoms with Crippen LogP contribution in [0.4, 0.5) is 0 Å². The van der Waals surface area contributed by atoms with Crippen molar-refractivity contribution in [2.24, 2.45) is 0 Å². The van der Waals surface area contributed by atoms with Crippen molar-refractivity contribution in [3.05, 3.63) is 35.4 Å². The molecule has 1 aromatic rings. The van der Waals surface area contributed by atoms with E-state index >= 15 is 0 Å². The molecule has 1 fully saturated rings. The van der Waals surface area contributed by atoms with Gasteiger partial charge in [-0.05, 0) is 44.6 Å². The highest BCUT2D eigenvalue weighted by Crippen LogP contribution is 2.22. The van der Waals surface area contributed by atoms with E-state index in [4.69, 9.17) is 11.6 Å². The van der Waals surface area contributed by atoms with Crippen LogP contribution < -0.4 is 0 Å². The van der Waals surface area contributed by atoms with Crippen LogP contribution in [-0.2, 0) is 11.2 Å². The van der Waals surface area contributed by atoms with Crippen molar-refractivity contribution >= 4 is 17.5 Å². The zero-order valence-corrected chi connectivity index (χ0v) is 13.0. The summed E-state index contributed by atoms with van der Waals surface area (Å²) in [6.07, 6.45) is 5.82. The average Bonchev–Trinajstić information content (AvgIpc) is 2.92. The lowest BCUT2D eigenvalue weighted by molar-refractivity contribution is -0.132. The molecule has 1 amide bonds. The molecule has 0 N–H and O–H groups in total. The predicted molar refractivity (Wildman–Crippen MR) is 84.2 cm³/mol. The van der Waals surface area contributed by atoms with Gasteiger partial charge in [-0.1, -0.05) is 29.8 Å². The normalized spacial score (nSPS) is 18.5. The Morgan fingerprint density at radius 1 is 1.35 bits per heavy atom. The molecule has 0 aromatic heterocycles. The number of carbonyl (C=O) groups is 1. The fraction of sp³-hybridized carbons (Fsp3) is 0.588. The van der Waals surface area contributed by atoms with Gasteiger partial charge in [-0.2, -0.15) is 0 Å². The lowest BCUT2D eigenvalue weighted by atomic mass is 10.1. The van der Waals surface area contributed by atoms with Crippen molar-refractivity contribution in [1.82, 2.24) is 4.90 Å². The summed E-state index contributed by atoms with van der Waals surface area (Å²) in [5.74, 6) is 1.00. The van der Waals surface area contributed by atoms with Crippen LogP contribution in [-0.4, -0.2) is 29.3 Å². The zero-order valence-electron chi connectivity index (χ0n) is 12.3. The monoisotopic (exact) mass is 293 g/mol. The first-order chi connectivity index (χ1) is 9.70. The van der Waals surface area contributed by atoms with Gasteiger partial charge in [0, 0.05) is 24.9 Å². The summed E-state index contributed by atoms with van der Waals surface area (Å²) in [6.45, 7) is 3.01. The van der Waals surface area contributed by atoms with Crippen molar-refractivity contribution in [1.29, 1.82) is 0 Å². The highest BCUT2D eigenvalue weighted by molar-refractivity contribution is 6.17. The summed E-state index contributed by atoms with van der Waals surface area (Å²) in [7, 11) is 0. The second-order valence-corrected chi connectivity index (χ2v) is 6.08. The summed E-state index contributed by atoms with van der Waals surface area (Å²) in [6, 6.07) is 8.90. The second kappa shape index (κ2) is 7.68. The van der Waals surface area contributed by atoms with E-state index in [1.54, 1.807) is 0 Å². The van der Waals surface area contributed by atoms with Crippen molar-refractivity contribution in [2.45, 2.75) is 51.5 Å². The molecular formula is C17H24ClNO. The third kappa shape index (κ3) is 4.24. The molecule has 1 atom stereocenters. The lowest BCUT2D eigenvalue weighted by Crippen LogP contribution is -2.35. The Morgan fingerprint density at radius 3 is 2.80 bits per heavy atom. The molecule has 0 radical (unpaired) electrons. The molecule has 110 valence electrons. The van der Waals surface area contributed by atoms with Crippen LogP contribution in [0.1, 0.15) is 43.2 Å². The molecule has 1 unspecified atom stereocenters. The van der Waals surface area contributed by atoms with Crippen molar-refractivity contribution in [2.75, 3.05) is 12.4 Å². The second-order valence-electron chi connectivity index (χ2n) is 5.70. The van der Waals surface area contributed by atoms with Crippen LogP contribution in [0.3, 0.4) is 0 Å². The van der Waals surface area contributed by atoms with Crippen LogP contribution in [0.15, 0.2) is 24.3 Å². The van der Waals surface area contributed by atoms with E-state index in [1.165, 1.54) is 11.1 Å². The van der Waals surface area contributed by atoms with Gasteiger partial charge in [-0.3, -0.25) is 4.79 Å². The third-order valence-electron chi connectivity index (χ3n) is 4.12. The van der Waals surface area contributed by atoms with E-state index in [0.29, 0.717) is 24.2 Å². The number of hydrogen-bond acceptors (Lipinski definition) is 1. The first-order valence-electron chi connectivity index (χ1n) is 7.61. The molecule has 0 saturated carbocycles. The van der Waals surface area contributed by atoms with Crippen LogP contribution in [0.2, 0.25) is 0 Å². The van der Waals surface area contributed by atoms with Gasteiger partial charge in [-0.25, -0.2) is 0 Å². The van der Waals surface area contributed by atoms with Gasteiger partial charge in [0.1, 0.15) is 0 Å². The topological polar surface area (TPSA) is 20.3 Å². The summed E-state index contributed by atoms with van der Waals surface area (Å²) in [5, 5.41) is 0. The minimum atomic E-state index is 0.308. The molecular weight excluding hydrogens is 270 g/mol. The SMILES string of the molecule is Cc1ccc(CCC(=O)N2CCCC2CCCCl)cc1. The molecule has 2 rings (SSSR count). The van der Waals surface area contributed by atoms with E-state index in [1.807, 2.05) is 0 Å². The molecule has 0 spiro atoms. The zero-order chi connectivity index (χ0) is 14.4. The minimum absolute atomic E-state index is 0.308. The van der Waals surface area contributed by atoms with Gasteiger partial charge in [0.2, 0.25) is 5.91 Å². The van der Waals surface area contributed by atoms with Crippen LogP contribution in [0.5, 0.6) is 0 Å². The van der Waals surface area contributed by atoms with Crippen molar-refractivity contribution < 1.29 is 4.79 Å². The first-order valence-corrected chi connectivity index (χ1v) is 8.15. The van der Waals surface area contributed by atoms with E-state index in [9.17, 15) is 4.79 Å². The van der Waals surface area contributed by atoms with E-state index < -0.39 is 0 Å². The maximum absolute atomic E-state index is 12.4. The molecule has 1 aliphatic heterocycles. The van der Waals surface area contributed by atoms with Gasteiger partial charge in [0.05, 0.1) is 0 Å². The molecule has 0 bridgehead atoms. The predicted octanol–water partition coefficient (Wildman–Crippen LogP) is 3.94.